The van der Waals surface area contributed by atoms with E-state index in [1.165, 1.54) is 0 Å². The minimum atomic E-state index is -0.868. The number of carbonyl (C=O) groups is 1. The maximum absolute atomic E-state index is 10.4. The fourth-order valence-corrected chi connectivity index (χ4v) is 0.933. The van der Waals surface area contributed by atoms with E-state index >= 15 is 0 Å². The second kappa shape index (κ2) is 4.50. The molecule has 0 aromatic carbocycles. The van der Waals surface area contributed by atoms with E-state index in [-0.39, 0.29) is 0 Å². The summed E-state index contributed by atoms with van der Waals surface area (Å²) in [4.78, 5) is 10.4. The third kappa shape index (κ3) is 3.15. The van der Waals surface area contributed by atoms with E-state index in [9.17, 15) is 4.79 Å². The van der Waals surface area contributed by atoms with Gasteiger partial charge in [-0.05, 0) is 25.0 Å². The second-order valence-electron chi connectivity index (χ2n) is 2.86. The van der Waals surface area contributed by atoms with Crippen LogP contribution in [0.1, 0.15) is 13.3 Å². The van der Waals surface area contributed by atoms with Gasteiger partial charge in [0.05, 0.1) is 6.26 Å². The minimum Gasteiger partial charge on any atom is -0.497 e. The first kappa shape index (κ1) is 9.58. The Morgan fingerprint density at radius 1 is 1.77 bits per heavy atom. The molecule has 3 nitrogen and oxygen atoms in total. The quantitative estimate of drug-likeness (QED) is 0.674. The van der Waals surface area contributed by atoms with Gasteiger partial charge in [-0.25, -0.2) is 4.79 Å². The number of hydrogen-bond acceptors (Lipinski definition) is 2. The average molecular weight is 180 g/mol. The first-order valence-corrected chi connectivity index (χ1v) is 4.06. The molecule has 0 aromatic heterocycles. The number of rotatable bonds is 3. The van der Waals surface area contributed by atoms with Crippen LogP contribution >= 0.6 is 0 Å². The molecule has 0 aliphatic carbocycles. The molecule has 0 fully saturated rings. The summed E-state index contributed by atoms with van der Waals surface area (Å²) in [6.45, 7) is 2.14. The van der Waals surface area contributed by atoms with Gasteiger partial charge >= 0.3 is 5.97 Å². The number of carboxylic acids is 1. The highest BCUT2D eigenvalue weighted by Crippen LogP contribution is 2.09. The predicted octanol–water partition coefficient (Wildman–Crippen LogP) is 1.88. The zero-order valence-corrected chi connectivity index (χ0v) is 7.49. The fraction of sp³-hybridized carbons (Fsp3) is 0.300. The van der Waals surface area contributed by atoms with Crippen LogP contribution in [-0.4, -0.2) is 17.7 Å². The number of aliphatic carboxylic acids is 1. The van der Waals surface area contributed by atoms with E-state index in [0.717, 1.165) is 5.57 Å². The Kier molecular flexibility index (Phi) is 3.31. The van der Waals surface area contributed by atoms with Crippen molar-refractivity contribution in [3.05, 3.63) is 35.6 Å². The Labute approximate surface area is 77.0 Å². The van der Waals surface area contributed by atoms with E-state index in [1.807, 2.05) is 12.2 Å². The number of ether oxygens (including phenoxy) is 1. The standard InChI is InChI=1S/C10H12O3/c1-8(10(11)12)4-5-9-3-2-6-13-7-9/h2-4,6H,5,7H2,1H3,(H,11,12). The minimum absolute atomic E-state index is 0.371. The SMILES string of the molecule is CC(=CCC1=CC=COC1)C(=O)O. The molecule has 1 N–H and O–H groups in total. The molecule has 1 aliphatic rings. The van der Waals surface area contributed by atoms with E-state index < -0.39 is 5.97 Å². The summed E-state index contributed by atoms with van der Waals surface area (Å²) in [6, 6.07) is 0. The van der Waals surface area contributed by atoms with Crippen LogP contribution < -0.4 is 0 Å². The molecule has 70 valence electrons. The number of carboxylic acid groups (broad SMARTS) is 1. The lowest BCUT2D eigenvalue weighted by Gasteiger charge is -2.07. The van der Waals surface area contributed by atoms with Crippen molar-refractivity contribution < 1.29 is 14.6 Å². The van der Waals surface area contributed by atoms with Crippen LogP contribution in [0.5, 0.6) is 0 Å². The molecule has 0 atom stereocenters. The lowest BCUT2D eigenvalue weighted by atomic mass is 10.1. The van der Waals surface area contributed by atoms with Crippen LogP contribution in [0.2, 0.25) is 0 Å². The van der Waals surface area contributed by atoms with Crippen LogP contribution in [0.25, 0.3) is 0 Å². The first-order chi connectivity index (χ1) is 6.20. The van der Waals surface area contributed by atoms with E-state index in [1.54, 1.807) is 19.3 Å². The van der Waals surface area contributed by atoms with Gasteiger partial charge in [0, 0.05) is 5.57 Å². The maximum Gasteiger partial charge on any atom is 0.330 e. The first-order valence-electron chi connectivity index (χ1n) is 4.06. The van der Waals surface area contributed by atoms with Crippen LogP contribution in [-0.2, 0) is 9.53 Å². The van der Waals surface area contributed by atoms with Crippen molar-refractivity contribution in [1.82, 2.24) is 0 Å². The Morgan fingerprint density at radius 2 is 2.54 bits per heavy atom. The van der Waals surface area contributed by atoms with Gasteiger partial charge in [0.25, 0.3) is 0 Å². The molecule has 0 amide bonds. The van der Waals surface area contributed by atoms with Crippen molar-refractivity contribution >= 4 is 5.97 Å². The van der Waals surface area contributed by atoms with Crippen LogP contribution in [0.3, 0.4) is 0 Å². The van der Waals surface area contributed by atoms with Gasteiger partial charge in [-0.1, -0.05) is 12.2 Å². The molecule has 3 heteroatoms. The molecular weight excluding hydrogens is 168 g/mol. The summed E-state index contributed by atoms with van der Waals surface area (Å²) in [7, 11) is 0. The van der Waals surface area contributed by atoms with Crippen LogP contribution in [0.15, 0.2) is 35.6 Å². The van der Waals surface area contributed by atoms with Crippen molar-refractivity contribution in [2.24, 2.45) is 0 Å². The molecule has 0 radical (unpaired) electrons. The molecule has 1 aliphatic heterocycles. The summed E-state index contributed by atoms with van der Waals surface area (Å²) in [5.41, 5.74) is 1.46. The second-order valence-corrected chi connectivity index (χ2v) is 2.86. The van der Waals surface area contributed by atoms with Crippen molar-refractivity contribution in [3.63, 3.8) is 0 Å². The smallest absolute Gasteiger partial charge is 0.330 e. The zero-order valence-electron chi connectivity index (χ0n) is 7.49. The molecule has 1 rings (SSSR count). The highest BCUT2D eigenvalue weighted by atomic mass is 16.5. The Bertz CT molecular complexity index is 285. The summed E-state index contributed by atoms with van der Waals surface area (Å²) >= 11 is 0. The van der Waals surface area contributed by atoms with Gasteiger partial charge in [-0.15, -0.1) is 0 Å². The highest BCUT2D eigenvalue weighted by molar-refractivity contribution is 5.85. The molecule has 0 saturated heterocycles. The summed E-state index contributed by atoms with van der Waals surface area (Å²) < 4.78 is 5.05. The van der Waals surface area contributed by atoms with Gasteiger partial charge in [0.1, 0.15) is 6.61 Å². The molecule has 0 unspecified atom stereocenters. The summed E-state index contributed by atoms with van der Waals surface area (Å²) in [6.07, 6.45) is 7.70. The summed E-state index contributed by atoms with van der Waals surface area (Å²) in [5, 5.41) is 8.58. The largest absolute Gasteiger partial charge is 0.497 e. The van der Waals surface area contributed by atoms with E-state index in [4.69, 9.17) is 9.84 Å². The molecular formula is C10H12O3. The van der Waals surface area contributed by atoms with Gasteiger partial charge in [-0.2, -0.15) is 0 Å². The predicted molar refractivity (Wildman–Crippen MR) is 49.2 cm³/mol. The summed E-state index contributed by atoms with van der Waals surface area (Å²) in [5.74, 6) is -0.868. The molecule has 0 spiro atoms. The Morgan fingerprint density at radius 3 is 3.08 bits per heavy atom. The lowest BCUT2D eigenvalue weighted by Crippen LogP contribution is -1.99. The topological polar surface area (TPSA) is 46.5 Å². The molecule has 0 bridgehead atoms. The molecule has 13 heavy (non-hydrogen) atoms. The Balaban J connectivity index is 2.50. The number of allylic oxidation sites excluding steroid dienone is 3. The average Bonchev–Trinajstić information content (AvgIpc) is 2.15. The van der Waals surface area contributed by atoms with Crippen molar-refractivity contribution in [2.75, 3.05) is 6.61 Å². The zero-order chi connectivity index (χ0) is 9.68. The van der Waals surface area contributed by atoms with E-state index in [2.05, 4.69) is 0 Å². The van der Waals surface area contributed by atoms with Gasteiger partial charge in [-0.3, -0.25) is 0 Å². The number of hydrogen-bond donors (Lipinski definition) is 1. The van der Waals surface area contributed by atoms with Crippen molar-refractivity contribution in [3.8, 4) is 0 Å². The fourth-order valence-electron chi connectivity index (χ4n) is 0.933. The van der Waals surface area contributed by atoms with Crippen LogP contribution in [0.4, 0.5) is 0 Å². The van der Waals surface area contributed by atoms with Gasteiger partial charge < -0.3 is 9.84 Å². The van der Waals surface area contributed by atoms with Crippen LogP contribution in [0, 0.1) is 0 Å². The van der Waals surface area contributed by atoms with Gasteiger partial charge in [0.15, 0.2) is 0 Å². The van der Waals surface area contributed by atoms with Crippen molar-refractivity contribution in [1.29, 1.82) is 0 Å². The molecule has 0 saturated carbocycles. The normalized spacial score (nSPS) is 16.4. The molecule has 0 aromatic rings. The van der Waals surface area contributed by atoms with Crippen molar-refractivity contribution in [2.45, 2.75) is 13.3 Å². The third-order valence-electron chi connectivity index (χ3n) is 1.78. The van der Waals surface area contributed by atoms with E-state index in [0.29, 0.717) is 18.6 Å². The van der Waals surface area contributed by atoms with Gasteiger partial charge in [0.2, 0.25) is 0 Å². The third-order valence-corrected chi connectivity index (χ3v) is 1.78. The Hall–Kier alpha value is -1.51. The monoisotopic (exact) mass is 180 g/mol. The highest BCUT2D eigenvalue weighted by Gasteiger charge is 2.01. The maximum atomic E-state index is 10.4. The lowest BCUT2D eigenvalue weighted by molar-refractivity contribution is -0.132. The molecule has 1 heterocycles.